The van der Waals surface area contributed by atoms with Crippen molar-refractivity contribution in [2.45, 2.75) is 25.9 Å². The van der Waals surface area contributed by atoms with Crippen molar-refractivity contribution in [2.75, 3.05) is 55.6 Å². The predicted molar refractivity (Wildman–Crippen MR) is 145 cm³/mol. The molecular weight excluding hydrogens is 532 g/mol. The first-order chi connectivity index (χ1) is 18.7. The minimum atomic E-state index is -4.48. The Morgan fingerprint density at radius 2 is 1.74 bits per heavy atom. The molecule has 0 N–H and O–H groups in total. The second kappa shape index (κ2) is 11.5. The molecule has 0 amide bonds. The number of piperazine rings is 1. The van der Waals surface area contributed by atoms with Crippen LogP contribution in [-0.2, 0) is 6.18 Å². The van der Waals surface area contributed by atoms with Gasteiger partial charge < -0.3 is 9.80 Å². The fourth-order valence-electron chi connectivity index (χ4n) is 4.99. The quantitative estimate of drug-likeness (QED) is 0.336. The number of hydrogen-bond donors (Lipinski definition) is 0. The van der Waals surface area contributed by atoms with Gasteiger partial charge in [-0.15, -0.1) is 0 Å². The lowest BCUT2D eigenvalue weighted by atomic mass is 10.1. The molecule has 3 aromatic rings. The second-order valence-corrected chi connectivity index (χ2v) is 10.1. The van der Waals surface area contributed by atoms with Crippen LogP contribution >= 0.6 is 11.6 Å². The van der Waals surface area contributed by atoms with Crippen molar-refractivity contribution >= 4 is 28.8 Å². The molecule has 0 spiro atoms. The molecule has 39 heavy (non-hydrogen) atoms. The summed E-state index contributed by atoms with van der Waals surface area (Å²) in [7, 11) is 0. The summed E-state index contributed by atoms with van der Waals surface area (Å²) in [4.78, 5) is 19.8. The fraction of sp³-hybridized carbons (Fsp3) is 0.393. The summed E-state index contributed by atoms with van der Waals surface area (Å²) >= 11 is 6.07. The molecule has 1 saturated heterocycles. The molecule has 1 fully saturated rings. The summed E-state index contributed by atoms with van der Waals surface area (Å²) < 4.78 is 54.5. The average Bonchev–Trinajstić information content (AvgIpc) is 2.94. The highest BCUT2D eigenvalue weighted by atomic mass is 35.5. The molecule has 0 atom stereocenters. The molecule has 0 saturated carbocycles. The number of nitrogens with zero attached hydrogens (tertiary/aromatic N) is 6. The highest BCUT2D eigenvalue weighted by Gasteiger charge is 2.36. The van der Waals surface area contributed by atoms with Gasteiger partial charge in [0.1, 0.15) is 17.5 Å². The van der Waals surface area contributed by atoms with Crippen LogP contribution in [0.2, 0.25) is 5.02 Å². The summed E-state index contributed by atoms with van der Waals surface area (Å²) in [6, 6.07) is 8.68. The van der Waals surface area contributed by atoms with E-state index in [1.54, 1.807) is 17.0 Å². The zero-order chi connectivity index (χ0) is 27.6. The van der Waals surface area contributed by atoms with Gasteiger partial charge in [-0.2, -0.15) is 13.2 Å². The van der Waals surface area contributed by atoms with Crippen molar-refractivity contribution in [1.82, 2.24) is 19.9 Å². The summed E-state index contributed by atoms with van der Waals surface area (Å²) in [6.45, 7) is 6.53. The summed E-state index contributed by atoms with van der Waals surface area (Å²) in [5.41, 5.74) is 1.58. The standard InChI is InChI=1S/C28H29ClF4N6/c1-2-10-37-11-7-19(8-12-37)26-35-24(20-5-6-23(30)22(29)17-20)18-25(36-26)38-13-15-39(16-14-38)27-21(28(31,32)33)4-3-9-34-27/h3-7,9,17-18H,2,8,10-16H2,1H3. The number of hydrogen-bond acceptors (Lipinski definition) is 6. The maximum atomic E-state index is 13.9. The van der Waals surface area contributed by atoms with Crippen molar-refractivity contribution in [3.05, 3.63) is 70.9 Å². The predicted octanol–water partition coefficient (Wildman–Crippen LogP) is 6.18. The molecule has 2 aliphatic heterocycles. The third-order valence-electron chi connectivity index (χ3n) is 7.04. The lowest BCUT2D eigenvalue weighted by molar-refractivity contribution is -0.137. The molecule has 0 unspecified atom stereocenters. The van der Waals surface area contributed by atoms with Crippen LogP contribution in [0, 0.1) is 5.82 Å². The molecule has 4 heterocycles. The largest absolute Gasteiger partial charge is 0.419 e. The Labute approximate surface area is 229 Å². The third kappa shape index (κ3) is 6.17. The van der Waals surface area contributed by atoms with E-state index in [-0.39, 0.29) is 10.8 Å². The maximum Gasteiger partial charge on any atom is 0.419 e. The molecular formula is C28H29ClF4N6. The van der Waals surface area contributed by atoms with E-state index in [4.69, 9.17) is 21.6 Å². The Balaban J connectivity index is 1.43. The molecule has 0 bridgehead atoms. The number of aromatic nitrogens is 3. The van der Waals surface area contributed by atoms with Gasteiger partial charge in [-0.25, -0.2) is 19.3 Å². The van der Waals surface area contributed by atoms with Crippen molar-refractivity contribution in [3.8, 4) is 11.3 Å². The second-order valence-electron chi connectivity index (χ2n) is 9.69. The monoisotopic (exact) mass is 560 g/mol. The van der Waals surface area contributed by atoms with E-state index < -0.39 is 17.6 Å². The van der Waals surface area contributed by atoms with Crippen LogP contribution in [0.4, 0.5) is 29.2 Å². The van der Waals surface area contributed by atoms with E-state index in [0.29, 0.717) is 49.1 Å². The molecule has 6 nitrogen and oxygen atoms in total. The van der Waals surface area contributed by atoms with E-state index in [1.807, 2.05) is 11.0 Å². The van der Waals surface area contributed by atoms with Crippen LogP contribution in [0.3, 0.4) is 0 Å². The molecule has 2 aliphatic rings. The number of benzene rings is 1. The van der Waals surface area contributed by atoms with Gasteiger partial charge in [0.15, 0.2) is 5.82 Å². The van der Waals surface area contributed by atoms with Crippen LogP contribution in [-0.4, -0.2) is 65.7 Å². The maximum absolute atomic E-state index is 13.9. The molecule has 2 aromatic heterocycles. The molecule has 206 valence electrons. The Morgan fingerprint density at radius 3 is 2.41 bits per heavy atom. The van der Waals surface area contributed by atoms with Crippen LogP contribution in [0.15, 0.2) is 48.7 Å². The number of rotatable bonds is 6. The first-order valence-electron chi connectivity index (χ1n) is 13.0. The number of anilines is 2. The summed E-state index contributed by atoms with van der Waals surface area (Å²) in [5, 5.41) is 0.00532. The fourth-order valence-corrected chi connectivity index (χ4v) is 5.18. The molecule has 5 rings (SSSR count). The zero-order valence-corrected chi connectivity index (χ0v) is 22.3. The molecule has 0 radical (unpaired) electrons. The van der Waals surface area contributed by atoms with Gasteiger partial charge in [0.25, 0.3) is 0 Å². The summed E-state index contributed by atoms with van der Waals surface area (Å²) in [6.07, 6.45) is 0.943. The van der Waals surface area contributed by atoms with Crippen LogP contribution in [0.25, 0.3) is 16.8 Å². The van der Waals surface area contributed by atoms with E-state index in [2.05, 4.69) is 22.9 Å². The topological polar surface area (TPSA) is 48.4 Å². The van der Waals surface area contributed by atoms with Crippen LogP contribution in [0.1, 0.15) is 31.2 Å². The SMILES string of the molecule is CCCN1CC=C(c2nc(-c3ccc(F)c(Cl)c3)cc(N3CCN(c4ncccc4C(F)(F)F)CC3)n2)CC1. The lowest BCUT2D eigenvalue weighted by Gasteiger charge is -2.37. The van der Waals surface area contributed by atoms with Gasteiger partial charge in [-0.3, -0.25) is 4.90 Å². The number of halogens is 5. The lowest BCUT2D eigenvalue weighted by Crippen LogP contribution is -2.47. The van der Waals surface area contributed by atoms with Gasteiger partial charge in [0.05, 0.1) is 16.3 Å². The minimum Gasteiger partial charge on any atom is -0.353 e. The van der Waals surface area contributed by atoms with E-state index in [1.165, 1.54) is 18.3 Å². The minimum absolute atomic E-state index is 0.00532. The van der Waals surface area contributed by atoms with Crippen molar-refractivity contribution in [1.29, 1.82) is 0 Å². The van der Waals surface area contributed by atoms with Crippen molar-refractivity contribution in [3.63, 3.8) is 0 Å². The van der Waals surface area contributed by atoms with Crippen molar-refractivity contribution < 1.29 is 17.6 Å². The summed E-state index contributed by atoms with van der Waals surface area (Å²) in [5.74, 6) is 0.707. The first-order valence-corrected chi connectivity index (χ1v) is 13.4. The van der Waals surface area contributed by atoms with Crippen LogP contribution in [0.5, 0.6) is 0 Å². The highest BCUT2D eigenvalue weighted by molar-refractivity contribution is 6.31. The van der Waals surface area contributed by atoms with E-state index in [9.17, 15) is 17.6 Å². The van der Waals surface area contributed by atoms with Gasteiger partial charge in [0, 0.05) is 57.1 Å². The normalized spacial score (nSPS) is 16.9. The highest BCUT2D eigenvalue weighted by Crippen LogP contribution is 2.36. The average molecular weight is 561 g/mol. The first kappa shape index (κ1) is 27.3. The van der Waals surface area contributed by atoms with E-state index in [0.717, 1.165) is 44.1 Å². The molecule has 1 aromatic carbocycles. The Morgan fingerprint density at radius 1 is 0.974 bits per heavy atom. The third-order valence-corrected chi connectivity index (χ3v) is 7.33. The van der Waals surface area contributed by atoms with Crippen molar-refractivity contribution in [2.24, 2.45) is 0 Å². The smallest absolute Gasteiger partial charge is 0.353 e. The van der Waals surface area contributed by atoms with Gasteiger partial charge in [-0.1, -0.05) is 24.6 Å². The van der Waals surface area contributed by atoms with E-state index >= 15 is 0 Å². The van der Waals surface area contributed by atoms with Gasteiger partial charge in [-0.05, 0) is 55.3 Å². The number of alkyl halides is 3. The molecule has 0 aliphatic carbocycles. The van der Waals surface area contributed by atoms with Crippen LogP contribution < -0.4 is 9.80 Å². The molecule has 11 heteroatoms. The Bertz CT molecular complexity index is 1350. The Hall–Kier alpha value is -3.24. The number of pyridine rings is 1. The Kier molecular flexibility index (Phi) is 8.04. The zero-order valence-electron chi connectivity index (χ0n) is 21.6. The van der Waals surface area contributed by atoms with Gasteiger partial charge >= 0.3 is 6.18 Å². The van der Waals surface area contributed by atoms with Gasteiger partial charge in [0.2, 0.25) is 0 Å².